The van der Waals surface area contributed by atoms with Gasteiger partial charge in [-0.05, 0) is 12.1 Å². The summed E-state index contributed by atoms with van der Waals surface area (Å²) < 4.78 is 78.7. The molecule has 0 atom stereocenters. The summed E-state index contributed by atoms with van der Waals surface area (Å²) in [4.78, 5) is 36.4. The third kappa shape index (κ3) is 4.82. The normalized spacial score (nSPS) is 14.8. The molecule has 3 amide bonds. The smallest absolute Gasteiger partial charge is 0.335 e. The lowest BCUT2D eigenvalue weighted by atomic mass is 10.2. The van der Waals surface area contributed by atoms with Gasteiger partial charge in [-0.3, -0.25) is 10.1 Å². The molecule has 0 aliphatic heterocycles. The van der Waals surface area contributed by atoms with Crippen LogP contribution in [0.2, 0.25) is 0 Å². The number of nitrogens with one attached hydrogen (secondary N) is 2. The van der Waals surface area contributed by atoms with Gasteiger partial charge >= 0.3 is 6.03 Å². The Morgan fingerprint density at radius 3 is 2.39 bits per heavy atom. The first-order valence-corrected chi connectivity index (χ1v) is 8.73. The minimum atomic E-state index is -4.69. The first-order valence-electron chi connectivity index (χ1n) is 10.2. The predicted octanol–water partition coefficient (Wildman–Crippen LogP) is 0.101. The molecule has 12 nitrogen and oxygen atoms in total. The van der Waals surface area contributed by atoms with Crippen LogP contribution in [0.1, 0.15) is 18.6 Å². The van der Waals surface area contributed by atoms with E-state index in [1.54, 1.807) is 4.72 Å². The lowest BCUT2D eigenvalue weighted by Gasteiger charge is -2.14. The van der Waals surface area contributed by atoms with Gasteiger partial charge in [-0.2, -0.15) is 18.4 Å². The number of methoxy groups -OCH3 is 2. The number of nitrogens with zero attached hydrogens (tertiary/aromatic N) is 4. The Hall–Kier alpha value is -3.48. The summed E-state index contributed by atoms with van der Waals surface area (Å²) in [6, 6.07) is 1.82. The SMILES string of the molecule is [2H]C([2H])([2H])Oc1cc(OC([2H])([2H])[2H])nc(NC(=O)NS(=O)(=O)c2ncccc2C(=O)N(C)C)n1. The monoisotopic (exact) mass is 416 g/mol. The molecule has 0 unspecified atom stereocenters. The molecule has 0 fully saturated rings. The molecule has 0 aromatic carbocycles. The van der Waals surface area contributed by atoms with Crippen molar-refractivity contribution in [2.75, 3.05) is 33.5 Å². The first-order chi connectivity index (χ1) is 15.5. The molecule has 150 valence electrons. The average Bonchev–Trinajstić information content (AvgIpc) is 2.63. The number of aromatic nitrogens is 3. The molecule has 0 radical (unpaired) electrons. The van der Waals surface area contributed by atoms with E-state index in [-0.39, 0.29) is 5.56 Å². The van der Waals surface area contributed by atoms with Gasteiger partial charge in [0.25, 0.3) is 15.9 Å². The van der Waals surface area contributed by atoms with Crippen LogP contribution < -0.4 is 19.5 Å². The molecule has 0 saturated heterocycles. The molecule has 2 aromatic rings. The van der Waals surface area contributed by atoms with Crippen molar-refractivity contribution in [2.24, 2.45) is 0 Å². The van der Waals surface area contributed by atoms with Gasteiger partial charge in [-0.15, -0.1) is 0 Å². The second-order valence-electron chi connectivity index (χ2n) is 5.19. The van der Waals surface area contributed by atoms with Crippen LogP contribution >= 0.6 is 0 Å². The number of sulfonamides is 1. The van der Waals surface area contributed by atoms with Gasteiger partial charge < -0.3 is 14.4 Å². The van der Waals surface area contributed by atoms with E-state index in [4.69, 9.17) is 8.22 Å². The van der Waals surface area contributed by atoms with E-state index < -0.39 is 58.8 Å². The van der Waals surface area contributed by atoms with E-state index in [0.29, 0.717) is 0 Å². The van der Waals surface area contributed by atoms with Gasteiger partial charge in [-0.1, -0.05) is 0 Å². The van der Waals surface area contributed by atoms with Crippen molar-refractivity contribution in [3.8, 4) is 11.8 Å². The van der Waals surface area contributed by atoms with E-state index >= 15 is 0 Å². The molecule has 2 heterocycles. The van der Waals surface area contributed by atoms with Gasteiger partial charge in [0.2, 0.25) is 17.7 Å². The first kappa shape index (κ1) is 13.7. The fourth-order valence-corrected chi connectivity index (χ4v) is 2.91. The van der Waals surface area contributed by atoms with Crippen molar-refractivity contribution in [2.45, 2.75) is 5.03 Å². The second kappa shape index (κ2) is 8.47. The standard InChI is InChI=1S/C15H18N6O6S/c1-21(2)13(22)9-6-5-7-16-12(9)28(24,25)20-15(23)19-14-17-10(26-3)8-11(18-14)27-4/h5-8H,1-4H3,(H2,17,18,19,20,23)/i3D3,4D3. The van der Waals surface area contributed by atoms with Crippen molar-refractivity contribution in [1.82, 2.24) is 24.6 Å². The summed E-state index contributed by atoms with van der Waals surface area (Å²) in [7, 11) is -7.91. The van der Waals surface area contributed by atoms with Crippen molar-refractivity contribution in [1.29, 1.82) is 0 Å². The number of rotatable bonds is 6. The number of amides is 3. The van der Waals surface area contributed by atoms with E-state index in [2.05, 4.69) is 24.4 Å². The molecule has 2 N–H and O–H groups in total. The van der Waals surface area contributed by atoms with Crippen LogP contribution in [0.4, 0.5) is 10.7 Å². The second-order valence-corrected chi connectivity index (χ2v) is 6.79. The van der Waals surface area contributed by atoms with Crippen molar-refractivity contribution >= 4 is 27.9 Å². The zero-order valence-corrected chi connectivity index (χ0v) is 15.3. The molecule has 2 rings (SSSR count). The van der Waals surface area contributed by atoms with Crippen molar-refractivity contribution < 1.29 is 35.7 Å². The van der Waals surface area contributed by atoms with E-state index in [1.807, 2.05) is 5.32 Å². The quantitative estimate of drug-likeness (QED) is 0.667. The van der Waals surface area contributed by atoms with Crippen LogP contribution in [0.15, 0.2) is 29.4 Å². The van der Waals surface area contributed by atoms with Crippen LogP contribution in [0, 0.1) is 0 Å². The third-order valence-electron chi connectivity index (χ3n) is 3.00. The highest BCUT2D eigenvalue weighted by Crippen LogP contribution is 2.18. The number of carbonyl (C=O) groups is 2. The maximum Gasteiger partial charge on any atom is 0.335 e. The molecular weight excluding hydrogens is 392 g/mol. The average molecular weight is 416 g/mol. The molecule has 0 saturated carbocycles. The van der Waals surface area contributed by atoms with Crippen molar-refractivity contribution in [3.05, 3.63) is 30.0 Å². The minimum absolute atomic E-state index is 0.314. The summed E-state index contributed by atoms with van der Waals surface area (Å²) in [6.45, 7) is 0. The molecule has 0 spiro atoms. The zero-order chi connectivity index (χ0) is 25.9. The van der Waals surface area contributed by atoms with Gasteiger partial charge in [-0.25, -0.2) is 14.5 Å². The highest BCUT2D eigenvalue weighted by atomic mass is 32.2. The van der Waals surface area contributed by atoms with Crippen molar-refractivity contribution in [3.63, 3.8) is 0 Å². The van der Waals surface area contributed by atoms with Crippen LogP contribution in [0.3, 0.4) is 0 Å². The number of urea groups is 1. The molecule has 28 heavy (non-hydrogen) atoms. The van der Waals surface area contributed by atoms with Crippen LogP contribution in [-0.2, 0) is 10.0 Å². The summed E-state index contributed by atoms with van der Waals surface area (Å²) >= 11 is 0. The molecule has 0 aliphatic rings. The summed E-state index contributed by atoms with van der Waals surface area (Å²) in [6.07, 6.45) is 1.09. The largest absolute Gasteiger partial charge is 0.481 e. The molecule has 0 aliphatic carbocycles. The highest BCUT2D eigenvalue weighted by molar-refractivity contribution is 7.90. The predicted molar refractivity (Wildman–Crippen MR) is 96.7 cm³/mol. The zero-order valence-electron chi connectivity index (χ0n) is 20.5. The van der Waals surface area contributed by atoms with Gasteiger partial charge in [0, 0.05) is 20.3 Å². The lowest BCUT2D eigenvalue weighted by Crippen LogP contribution is -2.36. The maximum absolute atomic E-state index is 12.6. The highest BCUT2D eigenvalue weighted by Gasteiger charge is 2.27. The topological polar surface area (TPSA) is 153 Å². The van der Waals surface area contributed by atoms with Crippen LogP contribution in [0.5, 0.6) is 11.8 Å². The van der Waals surface area contributed by atoms with Crippen LogP contribution in [0.25, 0.3) is 0 Å². The van der Waals surface area contributed by atoms with Gasteiger partial charge in [0.05, 0.1) is 33.9 Å². The Morgan fingerprint density at radius 2 is 1.82 bits per heavy atom. The summed E-state index contributed by atoms with van der Waals surface area (Å²) in [5, 5.41) is 1.15. The lowest BCUT2D eigenvalue weighted by molar-refractivity contribution is 0.0823. The Labute approximate surface area is 169 Å². The number of hydrogen-bond donors (Lipinski definition) is 2. The Morgan fingerprint density at radius 1 is 1.18 bits per heavy atom. The Balaban J connectivity index is 2.32. The third-order valence-corrected chi connectivity index (χ3v) is 4.29. The number of hydrogen-bond acceptors (Lipinski definition) is 9. The summed E-state index contributed by atoms with van der Waals surface area (Å²) in [5.74, 6) is -2.84. The Kier molecular flexibility index (Phi) is 4.13. The van der Waals surface area contributed by atoms with E-state index in [0.717, 1.165) is 17.2 Å². The number of ether oxygens (including phenoxy) is 2. The van der Waals surface area contributed by atoms with E-state index in [9.17, 15) is 18.0 Å². The summed E-state index contributed by atoms with van der Waals surface area (Å²) in [5.41, 5.74) is -0.314. The fourth-order valence-electron chi connectivity index (χ4n) is 1.87. The van der Waals surface area contributed by atoms with Crippen LogP contribution in [-0.4, -0.2) is 68.4 Å². The molecule has 0 bridgehead atoms. The molecule has 2 aromatic heterocycles. The number of carbonyl (C=O) groups excluding carboxylic acids is 2. The van der Waals surface area contributed by atoms with Gasteiger partial charge in [0.15, 0.2) is 5.03 Å². The Bertz CT molecular complexity index is 1150. The molecular formula is C15H18N6O6S. The van der Waals surface area contributed by atoms with E-state index in [1.165, 1.54) is 26.2 Å². The number of anilines is 1. The minimum Gasteiger partial charge on any atom is -0.481 e. The molecule has 13 heteroatoms. The number of pyridine rings is 1. The van der Waals surface area contributed by atoms with Gasteiger partial charge in [0.1, 0.15) is 0 Å². The maximum atomic E-state index is 12.6. The fraction of sp³-hybridized carbons (Fsp3) is 0.267.